The fourth-order valence-electron chi connectivity index (χ4n) is 2.84. The van der Waals surface area contributed by atoms with E-state index < -0.39 is 0 Å². The van der Waals surface area contributed by atoms with Gasteiger partial charge in [-0.15, -0.1) is 0 Å². The molecule has 0 aliphatic carbocycles. The topological polar surface area (TPSA) is 76.4 Å². The molecular formula is C22H16ClN3O3S. The highest BCUT2D eigenvalue weighted by atomic mass is 35.5. The van der Waals surface area contributed by atoms with E-state index in [0.717, 1.165) is 11.3 Å². The number of benzene rings is 3. The van der Waals surface area contributed by atoms with Crippen LogP contribution in [-0.2, 0) is 0 Å². The number of carbonyl (C=O) groups is 1. The van der Waals surface area contributed by atoms with Crippen molar-refractivity contribution in [2.24, 2.45) is 0 Å². The molecule has 0 radical (unpaired) electrons. The minimum absolute atomic E-state index is 0.151. The normalized spacial score (nSPS) is 10.6. The first kappa shape index (κ1) is 19.9. The molecular weight excluding hydrogens is 422 g/mol. The number of oxazole rings is 1. The average Bonchev–Trinajstić information content (AvgIpc) is 3.17. The number of aromatic nitrogens is 1. The van der Waals surface area contributed by atoms with Crippen LogP contribution in [0.25, 0.3) is 22.6 Å². The number of carbonyl (C=O) groups excluding carboxylic acids is 1. The van der Waals surface area contributed by atoms with Gasteiger partial charge < -0.3 is 14.5 Å². The summed E-state index contributed by atoms with van der Waals surface area (Å²) in [7, 11) is 1.62. The van der Waals surface area contributed by atoms with Crippen molar-refractivity contribution in [3.8, 4) is 17.2 Å². The molecule has 0 aliphatic rings. The van der Waals surface area contributed by atoms with Gasteiger partial charge in [0.25, 0.3) is 5.91 Å². The van der Waals surface area contributed by atoms with E-state index in [4.69, 9.17) is 33.0 Å². The van der Waals surface area contributed by atoms with Gasteiger partial charge in [-0.25, -0.2) is 4.98 Å². The summed E-state index contributed by atoms with van der Waals surface area (Å²) in [5.41, 5.74) is 3.15. The molecule has 0 saturated heterocycles. The predicted molar refractivity (Wildman–Crippen MR) is 121 cm³/mol. The Balaban J connectivity index is 1.48. The summed E-state index contributed by atoms with van der Waals surface area (Å²) in [4.78, 5) is 16.9. The van der Waals surface area contributed by atoms with Crippen LogP contribution < -0.4 is 15.4 Å². The highest BCUT2D eigenvalue weighted by molar-refractivity contribution is 7.80. The number of methoxy groups -OCH3 is 1. The van der Waals surface area contributed by atoms with Crippen molar-refractivity contribution in [2.45, 2.75) is 0 Å². The number of amides is 1. The Morgan fingerprint density at radius 3 is 2.60 bits per heavy atom. The van der Waals surface area contributed by atoms with Crippen LogP contribution >= 0.6 is 23.8 Å². The number of nitrogens with one attached hydrogen (secondary N) is 2. The number of hydrogen-bond donors (Lipinski definition) is 2. The lowest BCUT2D eigenvalue weighted by molar-refractivity contribution is 0.0978. The van der Waals surface area contributed by atoms with Crippen LogP contribution in [0.2, 0.25) is 5.02 Å². The molecule has 0 spiro atoms. The predicted octanol–water partition coefficient (Wildman–Crippen LogP) is 5.28. The molecule has 0 aliphatic heterocycles. The van der Waals surface area contributed by atoms with Crippen molar-refractivity contribution in [3.63, 3.8) is 0 Å². The molecule has 1 aromatic heterocycles. The first-order valence-electron chi connectivity index (χ1n) is 8.95. The Labute approximate surface area is 182 Å². The summed E-state index contributed by atoms with van der Waals surface area (Å²) >= 11 is 11.3. The summed E-state index contributed by atoms with van der Waals surface area (Å²) in [6, 6.07) is 19.6. The maximum Gasteiger partial charge on any atom is 0.258 e. The van der Waals surface area contributed by atoms with Crippen LogP contribution in [0.1, 0.15) is 10.4 Å². The van der Waals surface area contributed by atoms with E-state index in [1.165, 1.54) is 0 Å². The zero-order chi connectivity index (χ0) is 21.1. The van der Waals surface area contributed by atoms with Gasteiger partial charge in [-0.3, -0.25) is 10.1 Å². The van der Waals surface area contributed by atoms with E-state index in [1.807, 2.05) is 24.3 Å². The van der Waals surface area contributed by atoms with Crippen molar-refractivity contribution in [3.05, 3.63) is 77.3 Å². The second-order valence-corrected chi connectivity index (χ2v) is 7.13. The van der Waals surface area contributed by atoms with Crippen LogP contribution in [0.5, 0.6) is 5.75 Å². The number of rotatable bonds is 4. The SMILES string of the molecule is COc1ccc(-c2nc3cc(NC(=S)NC(=O)c4ccccc4Cl)ccc3o2)cc1. The van der Waals surface area contributed by atoms with Gasteiger partial charge in [0.1, 0.15) is 11.3 Å². The second-order valence-electron chi connectivity index (χ2n) is 6.32. The van der Waals surface area contributed by atoms with Gasteiger partial charge in [0.05, 0.1) is 17.7 Å². The van der Waals surface area contributed by atoms with E-state index in [9.17, 15) is 4.79 Å². The number of thiocarbonyl (C=S) groups is 1. The first-order chi connectivity index (χ1) is 14.5. The maximum atomic E-state index is 12.3. The van der Waals surface area contributed by atoms with E-state index in [-0.39, 0.29) is 11.0 Å². The number of hydrogen-bond acceptors (Lipinski definition) is 5. The van der Waals surface area contributed by atoms with E-state index >= 15 is 0 Å². The van der Waals surface area contributed by atoms with Crippen LogP contribution in [0, 0.1) is 0 Å². The van der Waals surface area contributed by atoms with E-state index in [0.29, 0.717) is 33.3 Å². The number of ether oxygens (including phenoxy) is 1. The molecule has 2 N–H and O–H groups in total. The Morgan fingerprint density at radius 2 is 1.87 bits per heavy atom. The molecule has 0 bridgehead atoms. The molecule has 150 valence electrons. The summed E-state index contributed by atoms with van der Waals surface area (Å²) in [6.07, 6.45) is 0. The molecule has 1 amide bonds. The Kier molecular flexibility index (Phi) is 5.65. The Bertz CT molecular complexity index is 1240. The molecule has 1 heterocycles. The standard InChI is InChI=1S/C22H16ClN3O3S/c1-28-15-9-6-13(7-10-15)21-25-18-12-14(8-11-19(18)29-21)24-22(30)26-20(27)16-4-2-3-5-17(16)23/h2-12H,1H3,(H2,24,26,27,30). The number of fused-ring (bicyclic) bond motifs is 1. The Hall–Kier alpha value is -3.42. The molecule has 0 atom stereocenters. The van der Waals surface area contributed by atoms with Gasteiger partial charge in [0, 0.05) is 11.3 Å². The molecule has 0 fully saturated rings. The van der Waals surface area contributed by atoms with Crippen LogP contribution in [-0.4, -0.2) is 23.1 Å². The quantitative estimate of drug-likeness (QED) is 0.423. The fraction of sp³-hybridized carbons (Fsp3) is 0.0455. The zero-order valence-corrected chi connectivity index (χ0v) is 17.4. The third-order valence-corrected chi connectivity index (χ3v) is 4.86. The molecule has 3 aromatic carbocycles. The third kappa shape index (κ3) is 4.27. The third-order valence-electron chi connectivity index (χ3n) is 4.33. The molecule has 8 heteroatoms. The van der Waals surface area contributed by atoms with Gasteiger partial charge in [-0.05, 0) is 66.8 Å². The number of nitrogens with zero attached hydrogens (tertiary/aromatic N) is 1. The van der Waals surface area contributed by atoms with Crippen molar-refractivity contribution < 1.29 is 13.9 Å². The number of anilines is 1. The summed E-state index contributed by atoms with van der Waals surface area (Å²) in [5.74, 6) is 0.871. The van der Waals surface area contributed by atoms with Crippen LogP contribution in [0.4, 0.5) is 5.69 Å². The number of halogens is 1. The molecule has 0 saturated carbocycles. The van der Waals surface area contributed by atoms with Crippen molar-refractivity contribution in [1.29, 1.82) is 0 Å². The maximum absolute atomic E-state index is 12.3. The monoisotopic (exact) mass is 437 g/mol. The lowest BCUT2D eigenvalue weighted by Crippen LogP contribution is -2.34. The largest absolute Gasteiger partial charge is 0.497 e. The summed E-state index contributed by atoms with van der Waals surface area (Å²) in [5, 5.41) is 6.10. The van der Waals surface area contributed by atoms with Gasteiger partial charge in [-0.1, -0.05) is 23.7 Å². The molecule has 6 nitrogen and oxygen atoms in total. The highest BCUT2D eigenvalue weighted by Crippen LogP contribution is 2.27. The van der Waals surface area contributed by atoms with Gasteiger partial charge >= 0.3 is 0 Å². The lowest BCUT2D eigenvalue weighted by Gasteiger charge is -2.10. The van der Waals surface area contributed by atoms with Gasteiger partial charge in [-0.2, -0.15) is 0 Å². The molecule has 30 heavy (non-hydrogen) atoms. The first-order valence-corrected chi connectivity index (χ1v) is 9.74. The van der Waals surface area contributed by atoms with E-state index in [1.54, 1.807) is 49.6 Å². The molecule has 4 rings (SSSR count). The van der Waals surface area contributed by atoms with Gasteiger partial charge in [0.2, 0.25) is 5.89 Å². The average molecular weight is 438 g/mol. The minimum atomic E-state index is -0.387. The highest BCUT2D eigenvalue weighted by Gasteiger charge is 2.13. The second kappa shape index (κ2) is 8.52. The Morgan fingerprint density at radius 1 is 1.10 bits per heavy atom. The lowest BCUT2D eigenvalue weighted by atomic mass is 10.2. The summed E-state index contributed by atoms with van der Waals surface area (Å²) < 4.78 is 11.0. The van der Waals surface area contributed by atoms with Crippen LogP contribution in [0.3, 0.4) is 0 Å². The fourth-order valence-corrected chi connectivity index (χ4v) is 3.27. The smallest absolute Gasteiger partial charge is 0.258 e. The van der Waals surface area contributed by atoms with Crippen molar-refractivity contribution in [1.82, 2.24) is 10.3 Å². The summed E-state index contributed by atoms with van der Waals surface area (Å²) in [6.45, 7) is 0. The molecule has 0 unspecified atom stereocenters. The van der Waals surface area contributed by atoms with Crippen LogP contribution in [0.15, 0.2) is 71.1 Å². The minimum Gasteiger partial charge on any atom is -0.497 e. The van der Waals surface area contributed by atoms with Crippen molar-refractivity contribution in [2.75, 3.05) is 12.4 Å². The van der Waals surface area contributed by atoms with E-state index in [2.05, 4.69) is 15.6 Å². The zero-order valence-electron chi connectivity index (χ0n) is 15.8. The van der Waals surface area contributed by atoms with Gasteiger partial charge in [0.15, 0.2) is 10.7 Å². The van der Waals surface area contributed by atoms with Crippen molar-refractivity contribution >= 4 is 51.6 Å². The molecule has 4 aromatic rings.